The van der Waals surface area contributed by atoms with Crippen molar-refractivity contribution in [2.75, 3.05) is 50.9 Å². The highest BCUT2D eigenvalue weighted by Gasteiger charge is 2.22. The molecular formula is C21H26N6O3S. The van der Waals surface area contributed by atoms with E-state index in [0.717, 1.165) is 36.7 Å². The second-order valence-electron chi connectivity index (χ2n) is 7.24. The van der Waals surface area contributed by atoms with Crippen LogP contribution >= 0.6 is 11.8 Å². The lowest BCUT2D eigenvalue weighted by Crippen LogP contribution is -2.50. The van der Waals surface area contributed by atoms with Crippen LogP contribution in [-0.2, 0) is 4.79 Å². The Kier molecular flexibility index (Phi) is 6.78. The molecule has 2 N–H and O–H groups in total. The number of benzene rings is 1. The van der Waals surface area contributed by atoms with Gasteiger partial charge in [-0.15, -0.1) is 10.2 Å². The van der Waals surface area contributed by atoms with Gasteiger partial charge in [-0.1, -0.05) is 30.0 Å². The summed E-state index contributed by atoms with van der Waals surface area (Å²) in [5, 5.41) is 8.75. The predicted molar refractivity (Wildman–Crippen MR) is 118 cm³/mol. The minimum Gasteiger partial charge on any atom is -0.492 e. The van der Waals surface area contributed by atoms with Gasteiger partial charge in [0.2, 0.25) is 11.1 Å². The standard InChI is InChI=1S/C21H26N6O3S/c1-16-18(7-13-29-16)20-23-24-21(27(20)22)31-15-19(28)26-10-8-25(9-11-26)12-14-30-17-5-3-2-4-6-17/h2-7,13H,8-12,14-15,22H2,1H3. The number of hydrogen-bond donors (Lipinski definition) is 1. The van der Waals surface area contributed by atoms with E-state index in [-0.39, 0.29) is 11.7 Å². The van der Waals surface area contributed by atoms with Crippen molar-refractivity contribution in [1.29, 1.82) is 0 Å². The average Bonchev–Trinajstić information content (AvgIpc) is 3.38. The highest BCUT2D eigenvalue weighted by atomic mass is 32.2. The van der Waals surface area contributed by atoms with Gasteiger partial charge < -0.3 is 19.9 Å². The smallest absolute Gasteiger partial charge is 0.233 e. The Labute approximate surface area is 185 Å². The minimum absolute atomic E-state index is 0.0780. The summed E-state index contributed by atoms with van der Waals surface area (Å²) in [6.07, 6.45) is 1.59. The number of piperazine rings is 1. The number of amides is 1. The molecule has 0 spiro atoms. The molecule has 0 aliphatic carbocycles. The van der Waals surface area contributed by atoms with Crippen LogP contribution < -0.4 is 10.6 Å². The quantitative estimate of drug-likeness (QED) is 0.417. The summed E-state index contributed by atoms with van der Waals surface area (Å²) in [5.41, 5.74) is 0.792. The maximum atomic E-state index is 12.6. The largest absolute Gasteiger partial charge is 0.492 e. The van der Waals surface area contributed by atoms with E-state index >= 15 is 0 Å². The fourth-order valence-corrected chi connectivity index (χ4v) is 4.18. The predicted octanol–water partition coefficient (Wildman–Crippen LogP) is 1.88. The first kappa shape index (κ1) is 21.3. The molecule has 3 aromatic rings. The number of hydrogen-bond acceptors (Lipinski definition) is 8. The molecule has 0 unspecified atom stereocenters. The molecule has 0 radical (unpaired) electrons. The van der Waals surface area contributed by atoms with E-state index in [2.05, 4.69) is 15.1 Å². The Morgan fingerprint density at radius 1 is 1.16 bits per heavy atom. The molecule has 0 saturated carbocycles. The van der Waals surface area contributed by atoms with Gasteiger partial charge in [0.25, 0.3) is 0 Å². The first-order chi connectivity index (χ1) is 15.1. The topological polar surface area (TPSA) is 103 Å². The first-order valence-corrected chi connectivity index (χ1v) is 11.2. The number of ether oxygens (including phenoxy) is 1. The number of furan rings is 1. The summed E-state index contributed by atoms with van der Waals surface area (Å²) >= 11 is 1.29. The van der Waals surface area contributed by atoms with Gasteiger partial charge in [0, 0.05) is 32.7 Å². The molecule has 1 amide bonds. The van der Waals surface area contributed by atoms with Crippen molar-refractivity contribution < 1.29 is 13.9 Å². The molecule has 164 valence electrons. The summed E-state index contributed by atoms with van der Waals surface area (Å²) in [6, 6.07) is 11.6. The lowest BCUT2D eigenvalue weighted by atomic mass is 10.2. The number of rotatable bonds is 8. The molecule has 31 heavy (non-hydrogen) atoms. The normalized spacial score (nSPS) is 14.7. The molecule has 9 nitrogen and oxygen atoms in total. The van der Waals surface area contributed by atoms with Gasteiger partial charge in [-0.25, -0.2) is 4.68 Å². The van der Waals surface area contributed by atoms with Crippen LogP contribution in [0.3, 0.4) is 0 Å². The van der Waals surface area contributed by atoms with E-state index < -0.39 is 0 Å². The van der Waals surface area contributed by atoms with E-state index in [1.807, 2.05) is 42.2 Å². The fourth-order valence-electron chi connectivity index (χ4n) is 3.42. The average molecular weight is 443 g/mol. The molecule has 3 heterocycles. The fraction of sp³-hybridized carbons (Fsp3) is 0.381. The van der Waals surface area contributed by atoms with Gasteiger partial charge in [0.15, 0.2) is 5.82 Å². The Hall–Kier alpha value is -2.98. The lowest BCUT2D eigenvalue weighted by molar-refractivity contribution is -0.130. The number of nitrogen functional groups attached to an aromatic ring is 1. The zero-order valence-electron chi connectivity index (χ0n) is 17.4. The molecule has 1 aliphatic heterocycles. The number of nitrogens with two attached hydrogens (primary N) is 1. The molecule has 1 fully saturated rings. The molecule has 1 aromatic carbocycles. The number of thioether (sulfide) groups is 1. The molecule has 1 saturated heterocycles. The van der Waals surface area contributed by atoms with Gasteiger partial charge >= 0.3 is 0 Å². The summed E-state index contributed by atoms with van der Waals surface area (Å²) in [7, 11) is 0. The van der Waals surface area contributed by atoms with Crippen LogP contribution in [0.25, 0.3) is 11.4 Å². The van der Waals surface area contributed by atoms with Crippen molar-refractivity contribution in [1.82, 2.24) is 24.7 Å². The SMILES string of the molecule is Cc1occc1-c1nnc(SCC(=O)N2CCN(CCOc3ccccc3)CC2)n1N. The Morgan fingerprint density at radius 2 is 1.94 bits per heavy atom. The summed E-state index contributed by atoms with van der Waals surface area (Å²) in [4.78, 5) is 16.8. The van der Waals surface area contributed by atoms with Gasteiger partial charge in [0.1, 0.15) is 18.1 Å². The van der Waals surface area contributed by atoms with Crippen LogP contribution in [0.5, 0.6) is 5.75 Å². The number of aryl methyl sites for hydroxylation is 1. The molecular weight excluding hydrogens is 416 g/mol. The van der Waals surface area contributed by atoms with Crippen LogP contribution in [0.2, 0.25) is 0 Å². The van der Waals surface area contributed by atoms with Gasteiger partial charge in [-0.3, -0.25) is 9.69 Å². The van der Waals surface area contributed by atoms with Gasteiger partial charge in [0.05, 0.1) is 17.6 Å². The highest BCUT2D eigenvalue weighted by Crippen LogP contribution is 2.25. The maximum absolute atomic E-state index is 12.6. The molecule has 0 bridgehead atoms. The van der Waals surface area contributed by atoms with Crippen LogP contribution in [0.4, 0.5) is 0 Å². The minimum atomic E-state index is 0.0780. The van der Waals surface area contributed by atoms with Crippen LogP contribution in [0, 0.1) is 6.92 Å². The van der Waals surface area contributed by atoms with Gasteiger partial charge in [-0.05, 0) is 25.1 Å². The molecule has 1 aliphatic rings. The monoisotopic (exact) mass is 442 g/mol. The number of para-hydroxylation sites is 1. The third-order valence-electron chi connectivity index (χ3n) is 5.23. The number of carbonyl (C=O) groups is 1. The van der Waals surface area contributed by atoms with Crippen LogP contribution in [0.1, 0.15) is 5.76 Å². The second-order valence-corrected chi connectivity index (χ2v) is 8.18. The number of nitrogens with zero attached hydrogens (tertiary/aromatic N) is 5. The number of carbonyl (C=O) groups excluding carboxylic acids is 1. The van der Waals surface area contributed by atoms with E-state index in [0.29, 0.717) is 30.7 Å². The maximum Gasteiger partial charge on any atom is 0.233 e. The lowest BCUT2D eigenvalue weighted by Gasteiger charge is -2.34. The number of aromatic nitrogens is 3. The Bertz CT molecular complexity index is 998. The molecule has 0 atom stereocenters. The third kappa shape index (κ3) is 5.20. The van der Waals surface area contributed by atoms with E-state index in [9.17, 15) is 4.79 Å². The van der Waals surface area contributed by atoms with Crippen LogP contribution in [0.15, 0.2) is 52.2 Å². The highest BCUT2D eigenvalue weighted by molar-refractivity contribution is 7.99. The first-order valence-electron chi connectivity index (χ1n) is 10.2. The molecule has 4 rings (SSSR count). The van der Waals surface area contributed by atoms with E-state index in [1.165, 1.54) is 16.4 Å². The van der Waals surface area contributed by atoms with Gasteiger partial charge in [-0.2, -0.15) is 0 Å². The summed E-state index contributed by atoms with van der Waals surface area (Å²) in [6.45, 7) is 6.42. The van der Waals surface area contributed by atoms with Crippen LogP contribution in [-0.4, -0.2) is 75.7 Å². The summed E-state index contributed by atoms with van der Waals surface area (Å²) in [5.74, 6) is 8.60. The Morgan fingerprint density at radius 3 is 2.65 bits per heavy atom. The zero-order chi connectivity index (χ0) is 21.6. The molecule has 10 heteroatoms. The van der Waals surface area contributed by atoms with Crippen molar-refractivity contribution in [3.05, 3.63) is 48.4 Å². The van der Waals surface area contributed by atoms with Crippen molar-refractivity contribution in [3.63, 3.8) is 0 Å². The van der Waals surface area contributed by atoms with Crippen molar-refractivity contribution >= 4 is 17.7 Å². The zero-order valence-corrected chi connectivity index (χ0v) is 18.3. The second kappa shape index (κ2) is 9.88. The molecule has 2 aromatic heterocycles. The van der Waals surface area contributed by atoms with E-state index in [4.69, 9.17) is 15.0 Å². The van der Waals surface area contributed by atoms with E-state index in [1.54, 1.807) is 12.3 Å². The third-order valence-corrected chi connectivity index (χ3v) is 6.16. The van der Waals surface area contributed by atoms with Crippen molar-refractivity contribution in [3.8, 4) is 17.1 Å². The van der Waals surface area contributed by atoms with Crippen molar-refractivity contribution in [2.45, 2.75) is 12.1 Å². The Balaban J connectivity index is 1.20. The van der Waals surface area contributed by atoms with Crippen molar-refractivity contribution in [2.24, 2.45) is 0 Å². The summed E-state index contributed by atoms with van der Waals surface area (Å²) < 4.78 is 12.5.